The van der Waals surface area contributed by atoms with E-state index < -0.39 is 23.2 Å². The maximum absolute atomic E-state index is 13.4. The Kier molecular flexibility index (Phi) is 4.57. The fourth-order valence-corrected chi connectivity index (χ4v) is 2.27. The molecule has 0 aliphatic rings. The van der Waals surface area contributed by atoms with Crippen molar-refractivity contribution >= 4 is 27.5 Å². The Morgan fingerprint density at radius 3 is 2.43 bits per heavy atom. The van der Waals surface area contributed by atoms with E-state index >= 15 is 0 Å². The molecule has 2 rings (SSSR count). The van der Waals surface area contributed by atoms with Crippen LogP contribution in [-0.2, 0) is 0 Å². The van der Waals surface area contributed by atoms with Crippen molar-refractivity contribution in [3.63, 3.8) is 0 Å². The zero-order valence-electron chi connectivity index (χ0n) is 11.2. The molecule has 0 aliphatic carbocycles. The van der Waals surface area contributed by atoms with E-state index in [-0.39, 0.29) is 11.6 Å². The predicted molar refractivity (Wildman–Crippen MR) is 80.8 cm³/mol. The van der Waals surface area contributed by atoms with Gasteiger partial charge in [0.2, 0.25) is 0 Å². The molecule has 0 saturated heterocycles. The van der Waals surface area contributed by atoms with Crippen molar-refractivity contribution in [1.29, 1.82) is 0 Å². The summed E-state index contributed by atoms with van der Waals surface area (Å²) in [6, 6.07) is 8.93. The number of hydrogen-bond acceptors (Lipinski definition) is 2. The molecular weight excluding hydrogens is 342 g/mol. The van der Waals surface area contributed by atoms with Crippen LogP contribution in [0.3, 0.4) is 0 Å². The summed E-state index contributed by atoms with van der Waals surface area (Å²) < 4.78 is 27.6. The number of carbonyl (C=O) groups is 1. The molecule has 1 unspecified atom stereocenters. The summed E-state index contributed by atoms with van der Waals surface area (Å²) in [6.07, 6.45) is 0. The maximum atomic E-state index is 13.4. The lowest BCUT2D eigenvalue weighted by Crippen LogP contribution is -2.27. The first-order valence-corrected chi connectivity index (χ1v) is 6.98. The van der Waals surface area contributed by atoms with E-state index in [2.05, 4.69) is 21.2 Å². The Morgan fingerprint density at radius 2 is 1.86 bits per heavy atom. The molecule has 0 saturated carbocycles. The number of halogens is 3. The summed E-state index contributed by atoms with van der Waals surface area (Å²) in [6.45, 7) is 1.78. The largest absolute Gasteiger partial charge is 0.394 e. The molecule has 0 aromatic heterocycles. The highest BCUT2D eigenvalue weighted by molar-refractivity contribution is 9.10. The molecule has 3 N–H and O–H groups in total. The number of amides is 1. The molecule has 1 amide bonds. The van der Waals surface area contributed by atoms with Gasteiger partial charge in [-0.2, -0.15) is 0 Å². The monoisotopic (exact) mass is 354 g/mol. The summed E-state index contributed by atoms with van der Waals surface area (Å²) in [5.74, 6) is -2.47. The summed E-state index contributed by atoms with van der Waals surface area (Å²) in [5, 5.41) is 2.68. The lowest BCUT2D eigenvalue weighted by atomic mass is 10.1. The Morgan fingerprint density at radius 1 is 1.24 bits per heavy atom. The minimum absolute atomic E-state index is 0.110. The van der Waals surface area contributed by atoms with Gasteiger partial charge in [0.15, 0.2) is 0 Å². The van der Waals surface area contributed by atoms with Gasteiger partial charge in [-0.05, 0) is 36.8 Å². The third-order valence-corrected chi connectivity index (χ3v) is 3.53. The first-order valence-electron chi connectivity index (χ1n) is 6.19. The third-order valence-electron chi connectivity index (χ3n) is 3.04. The zero-order chi connectivity index (χ0) is 15.6. The van der Waals surface area contributed by atoms with E-state index in [9.17, 15) is 13.6 Å². The highest BCUT2D eigenvalue weighted by Crippen LogP contribution is 2.20. The van der Waals surface area contributed by atoms with E-state index in [1.54, 1.807) is 6.92 Å². The quantitative estimate of drug-likeness (QED) is 0.823. The molecule has 0 spiro atoms. The molecule has 0 aliphatic heterocycles. The van der Waals surface area contributed by atoms with Crippen molar-refractivity contribution in [1.82, 2.24) is 5.32 Å². The molecule has 2 aromatic carbocycles. The smallest absolute Gasteiger partial charge is 0.251 e. The first-order chi connectivity index (χ1) is 9.88. The van der Waals surface area contributed by atoms with Gasteiger partial charge >= 0.3 is 0 Å². The van der Waals surface area contributed by atoms with Crippen molar-refractivity contribution in [3.05, 3.63) is 63.6 Å². The Labute approximate surface area is 129 Å². The van der Waals surface area contributed by atoms with Gasteiger partial charge in [0, 0.05) is 10.0 Å². The van der Waals surface area contributed by atoms with Crippen molar-refractivity contribution in [3.8, 4) is 0 Å². The molecule has 110 valence electrons. The van der Waals surface area contributed by atoms with Gasteiger partial charge in [-0.3, -0.25) is 4.79 Å². The van der Waals surface area contributed by atoms with Crippen LogP contribution < -0.4 is 11.1 Å². The number of carbonyl (C=O) groups excluding carboxylic acids is 1. The molecular formula is C15H13BrF2N2O. The lowest BCUT2D eigenvalue weighted by Gasteiger charge is -2.15. The average molecular weight is 355 g/mol. The summed E-state index contributed by atoms with van der Waals surface area (Å²) in [5.41, 5.74) is 5.34. The van der Waals surface area contributed by atoms with Crippen molar-refractivity contribution in [2.24, 2.45) is 0 Å². The van der Waals surface area contributed by atoms with E-state index in [4.69, 9.17) is 5.73 Å². The van der Waals surface area contributed by atoms with Gasteiger partial charge in [0.1, 0.15) is 17.3 Å². The maximum Gasteiger partial charge on any atom is 0.251 e. The molecule has 21 heavy (non-hydrogen) atoms. The van der Waals surface area contributed by atoms with Crippen LogP contribution in [0.5, 0.6) is 0 Å². The van der Waals surface area contributed by atoms with Crippen LogP contribution in [0.4, 0.5) is 14.5 Å². The fraction of sp³-hybridized carbons (Fsp3) is 0.133. The summed E-state index contributed by atoms with van der Waals surface area (Å²) >= 11 is 3.34. The predicted octanol–water partition coefficient (Wildman–Crippen LogP) is 3.80. The van der Waals surface area contributed by atoms with Crippen LogP contribution >= 0.6 is 15.9 Å². The second-order valence-electron chi connectivity index (χ2n) is 4.60. The minimum Gasteiger partial charge on any atom is -0.394 e. The van der Waals surface area contributed by atoms with Gasteiger partial charge in [-0.15, -0.1) is 0 Å². The molecule has 3 nitrogen and oxygen atoms in total. The molecule has 2 aromatic rings. The third kappa shape index (κ3) is 3.58. The Bertz CT molecular complexity index is 668. The van der Waals surface area contributed by atoms with Crippen LogP contribution in [0.2, 0.25) is 0 Å². The highest BCUT2D eigenvalue weighted by Gasteiger charge is 2.15. The van der Waals surface area contributed by atoms with Gasteiger partial charge < -0.3 is 11.1 Å². The van der Waals surface area contributed by atoms with Gasteiger partial charge in [0.05, 0.1) is 6.04 Å². The average Bonchev–Trinajstić information content (AvgIpc) is 2.44. The lowest BCUT2D eigenvalue weighted by molar-refractivity contribution is 0.0939. The van der Waals surface area contributed by atoms with Crippen LogP contribution in [0, 0.1) is 11.6 Å². The number of anilines is 1. The SMILES string of the molecule is CC(NC(=O)c1cc(F)c(N)c(F)c1)c1cccc(Br)c1. The number of hydrogen-bond donors (Lipinski definition) is 2. The molecule has 1 atom stereocenters. The second kappa shape index (κ2) is 6.22. The zero-order valence-corrected chi connectivity index (χ0v) is 12.7. The van der Waals surface area contributed by atoms with E-state index in [0.717, 1.165) is 22.2 Å². The van der Waals surface area contributed by atoms with Gasteiger partial charge in [0.25, 0.3) is 5.91 Å². The Hall–Kier alpha value is -1.95. The standard InChI is InChI=1S/C15H13BrF2N2O/c1-8(9-3-2-4-11(16)5-9)20-15(21)10-6-12(17)14(19)13(18)7-10/h2-8H,19H2,1H3,(H,20,21). The van der Waals surface area contributed by atoms with Crippen molar-refractivity contribution < 1.29 is 13.6 Å². The molecule has 0 fully saturated rings. The van der Waals surface area contributed by atoms with Crippen LogP contribution in [0.25, 0.3) is 0 Å². The molecule has 6 heteroatoms. The van der Waals surface area contributed by atoms with E-state index in [0.29, 0.717) is 0 Å². The molecule has 0 bridgehead atoms. The summed E-state index contributed by atoms with van der Waals surface area (Å²) in [7, 11) is 0. The second-order valence-corrected chi connectivity index (χ2v) is 5.52. The van der Waals surface area contributed by atoms with Crippen LogP contribution in [-0.4, -0.2) is 5.91 Å². The van der Waals surface area contributed by atoms with Gasteiger partial charge in [-0.25, -0.2) is 8.78 Å². The van der Waals surface area contributed by atoms with E-state index in [1.165, 1.54) is 0 Å². The molecule has 0 radical (unpaired) electrons. The number of nitrogens with two attached hydrogens (primary N) is 1. The summed E-state index contributed by atoms with van der Waals surface area (Å²) in [4.78, 5) is 12.0. The number of nitrogens with one attached hydrogen (secondary N) is 1. The van der Waals surface area contributed by atoms with Gasteiger partial charge in [-0.1, -0.05) is 28.1 Å². The van der Waals surface area contributed by atoms with Crippen molar-refractivity contribution in [2.75, 3.05) is 5.73 Å². The normalized spacial score (nSPS) is 12.0. The number of benzene rings is 2. The van der Waals surface area contributed by atoms with Crippen LogP contribution in [0.1, 0.15) is 28.9 Å². The van der Waals surface area contributed by atoms with E-state index in [1.807, 2.05) is 24.3 Å². The first kappa shape index (κ1) is 15.4. The number of rotatable bonds is 3. The molecule has 0 heterocycles. The Balaban J connectivity index is 2.18. The number of nitrogen functional groups attached to an aromatic ring is 1. The topological polar surface area (TPSA) is 55.1 Å². The van der Waals surface area contributed by atoms with Crippen LogP contribution in [0.15, 0.2) is 40.9 Å². The van der Waals surface area contributed by atoms with Crippen molar-refractivity contribution in [2.45, 2.75) is 13.0 Å². The highest BCUT2D eigenvalue weighted by atomic mass is 79.9. The minimum atomic E-state index is -0.949. The fourth-order valence-electron chi connectivity index (χ4n) is 1.85.